The lowest BCUT2D eigenvalue weighted by molar-refractivity contribution is -0.154. The molecule has 142 valence electrons. The number of nitrogens with zero attached hydrogens (tertiary/aromatic N) is 3. The Morgan fingerprint density at radius 1 is 1.26 bits per heavy atom. The molecule has 0 saturated carbocycles. The van der Waals surface area contributed by atoms with Crippen LogP contribution in [-0.2, 0) is 33.8 Å². The van der Waals surface area contributed by atoms with Crippen molar-refractivity contribution in [1.82, 2.24) is 14.3 Å². The first-order valence-electron chi connectivity index (χ1n) is 9.23. The van der Waals surface area contributed by atoms with Gasteiger partial charge in [-0.3, -0.25) is 14.0 Å². The molecule has 0 aromatic carbocycles. The summed E-state index contributed by atoms with van der Waals surface area (Å²) >= 11 is 3.03. The molecule has 0 spiro atoms. The van der Waals surface area contributed by atoms with Crippen LogP contribution < -0.4 is 5.56 Å². The van der Waals surface area contributed by atoms with Crippen molar-refractivity contribution in [2.45, 2.75) is 50.0 Å². The lowest BCUT2D eigenvalue weighted by Crippen LogP contribution is -2.46. The normalized spacial score (nSPS) is 24.3. The van der Waals surface area contributed by atoms with Crippen molar-refractivity contribution in [3.05, 3.63) is 32.7 Å². The van der Waals surface area contributed by atoms with E-state index in [0.29, 0.717) is 30.0 Å². The molecule has 1 aliphatic carbocycles. The largest absolute Gasteiger partial charge is 0.457 e. The quantitative estimate of drug-likeness (QED) is 0.724. The maximum absolute atomic E-state index is 12.7. The van der Waals surface area contributed by atoms with E-state index in [1.54, 1.807) is 20.6 Å². The van der Waals surface area contributed by atoms with Crippen LogP contribution in [0.3, 0.4) is 0 Å². The number of fused-ring (bicyclic) bond motifs is 4. The Labute approximate surface area is 163 Å². The summed E-state index contributed by atoms with van der Waals surface area (Å²) in [4.78, 5) is 44.5. The number of carbonyl (C=O) groups is 2. The molecule has 2 aromatic heterocycles. The SMILES string of the molecule is O=C1CCC2(C(=O)OCc3cc(=O)n4c5c(sc4n3)CCCC5)SCCN12. The summed E-state index contributed by atoms with van der Waals surface area (Å²) in [7, 11) is 0. The number of ether oxygens (including phenoxy) is 1. The van der Waals surface area contributed by atoms with Gasteiger partial charge in [0.15, 0.2) is 9.83 Å². The Morgan fingerprint density at radius 2 is 2.11 bits per heavy atom. The molecule has 2 fully saturated rings. The van der Waals surface area contributed by atoms with Gasteiger partial charge in [0.05, 0.1) is 5.69 Å². The summed E-state index contributed by atoms with van der Waals surface area (Å²) in [6, 6.07) is 1.46. The van der Waals surface area contributed by atoms with Gasteiger partial charge >= 0.3 is 5.97 Å². The van der Waals surface area contributed by atoms with Gasteiger partial charge in [0.2, 0.25) is 5.91 Å². The molecule has 3 aliphatic rings. The summed E-state index contributed by atoms with van der Waals surface area (Å²) in [6.07, 6.45) is 5.02. The molecule has 0 radical (unpaired) electrons. The standard InChI is InChI=1S/C18H19N3O4S2/c22-14-5-6-18(20(14)7-8-26-18)16(24)25-10-11-9-15(23)21-12-3-1-2-4-13(12)27-17(21)19-11/h9H,1-8,10H2. The minimum Gasteiger partial charge on any atom is -0.457 e. The fraction of sp³-hybridized carbons (Fsp3) is 0.556. The molecule has 9 heteroatoms. The predicted molar refractivity (Wildman–Crippen MR) is 102 cm³/mol. The van der Waals surface area contributed by atoms with Crippen LogP contribution in [0, 0.1) is 0 Å². The van der Waals surface area contributed by atoms with Crippen molar-refractivity contribution in [1.29, 1.82) is 0 Å². The number of hydrogen-bond acceptors (Lipinski definition) is 7. The lowest BCUT2D eigenvalue weighted by Gasteiger charge is -2.28. The Morgan fingerprint density at radius 3 is 3.00 bits per heavy atom. The van der Waals surface area contributed by atoms with E-state index in [0.717, 1.165) is 37.1 Å². The van der Waals surface area contributed by atoms with Crippen molar-refractivity contribution in [3.63, 3.8) is 0 Å². The Balaban J connectivity index is 1.38. The van der Waals surface area contributed by atoms with Crippen LogP contribution in [0.4, 0.5) is 0 Å². The second-order valence-corrected chi connectivity index (χ2v) is 9.57. The monoisotopic (exact) mass is 405 g/mol. The molecule has 1 atom stereocenters. The minimum atomic E-state index is -0.877. The van der Waals surface area contributed by atoms with Crippen molar-refractivity contribution in [2.75, 3.05) is 12.3 Å². The zero-order valence-electron chi connectivity index (χ0n) is 14.7. The van der Waals surface area contributed by atoms with Gasteiger partial charge in [0.1, 0.15) is 6.61 Å². The molecular weight excluding hydrogens is 386 g/mol. The predicted octanol–water partition coefficient (Wildman–Crippen LogP) is 1.74. The number of amides is 1. The second kappa shape index (κ2) is 6.34. The number of esters is 1. The molecule has 2 saturated heterocycles. The molecule has 2 aliphatic heterocycles. The van der Waals surface area contributed by atoms with Crippen LogP contribution in [0.2, 0.25) is 0 Å². The number of hydrogen-bond donors (Lipinski definition) is 0. The van der Waals surface area contributed by atoms with E-state index in [-0.39, 0.29) is 18.1 Å². The molecule has 27 heavy (non-hydrogen) atoms. The fourth-order valence-corrected chi connectivity index (χ4v) is 6.86. The topological polar surface area (TPSA) is 81.0 Å². The number of aryl methyl sites for hydroxylation is 2. The summed E-state index contributed by atoms with van der Waals surface area (Å²) in [6.45, 7) is 0.544. The average Bonchev–Trinajstić information content (AvgIpc) is 3.33. The van der Waals surface area contributed by atoms with E-state index in [9.17, 15) is 14.4 Å². The lowest BCUT2D eigenvalue weighted by atomic mass is 10.0. The molecule has 1 unspecified atom stereocenters. The summed E-state index contributed by atoms with van der Waals surface area (Å²) in [5.41, 5.74) is 1.43. The first-order chi connectivity index (χ1) is 13.1. The Bertz CT molecular complexity index is 1010. The van der Waals surface area contributed by atoms with Gasteiger partial charge in [-0.15, -0.1) is 23.1 Å². The highest BCUT2D eigenvalue weighted by Crippen LogP contribution is 2.45. The van der Waals surface area contributed by atoms with Gasteiger partial charge in [-0.1, -0.05) is 0 Å². The summed E-state index contributed by atoms with van der Waals surface area (Å²) in [5.74, 6) is 0.356. The molecule has 5 rings (SSSR count). The van der Waals surface area contributed by atoms with Crippen LogP contribution in [-0.4, -0.2) is 43.3 Å². The molecule has 0 N–H and O–H groups in total. The third-order valence-electron chi connectivity index (χ3n) is 5.56. The van der Waals surface area contributed by atoms with Crippen LogP contribution in [0.5, 0.6) is 0 Å². The van der Waals surface area contributed by atoms with Crippen LogP contribution in [0.1, 0.15) is 41.9 Å². The zero-order chi connectivity index (χ0) is 18.6. The highest BCUT2D eigenvalue weighted by Gasteiger charge is 2.55. The maximum atomic E-state index is 12.7. The third-order valence-corrected chi connectivity index (χ3v) is 8.15. The van der Waals surface area contributed by atoms with Gasteiger partial charge in [-0.2, -0.15) is 0 Å². The number of thioether (sulfide) groups is 1. The molecule has 1 amide bonds. The Kier molecular flexibility index (Phi) is 4.05. The van der Waals surface area contributed by atoms with Gasteiger partial charge in [0, 0.05) is 35.4 Å². The maximum Gasteiger partial charge on any atom is 0.343 e. The van der Waals surface area contributed by atoms with Crippen molar-refractivity contribution in [3.8, 4) is 0 Å². The molecule has 7 nitrogen and oxygen atoms in total. The summed E-state index contributed by atoms with van der Waals surface area (Å²) < 4.78 is 7.21. The van der Waals surface area contributed by atoms with E-state index in [2.05, 4.69) is 4.98 Å². The van der Waals surface area contributed by atoms with Crippen LogP contribution >= 0.6 is 23.1 Å². The molecule has 2 aromatic rings. The minimum absolute atomic E-state index is 0.0129. The van der Waals surface area contributed by atoms with Gasteiger partial charge in [0.25, 0.3) is 5.56 Å². The number of rotatable bonds is 3. The highest BCUT2D eigenvalue weighted by atomic mass is 32.2. The number of thiazole rings is 1. The van der Waals surface area contributed by atoms with Crippen molar-refractivity contribution < 1.29 is 14.3 Å². The fourth-order valence-electron chi connectivity index (χ4n) is 4.25. The van der Waals surface area contributed by atoms with Crippen molar-refractivity contribution >= 4 is 39.9 Å². The number of aromatic nitrogens is 2. The first-order valence-corrected chi connectivity index (χ1v) is 11.0. The van der Waals surface area contributed by atoms with E-state index in [4.69, 9.17) is 4.74 Å². The first kappa shape index (κ1) is 17.2. The van der Waals surface area contributed by atoms with E-state index >= 15 is 0 Å². The molecule has 4 heterocycles. The van der Waals surface area contributed by atoms with E-state index in [1.807, 2.05) is 0 Å². The average molecular weight is 406 g/mol. The smallest absolute Gasteiger partial charge is 0.343 e. The Hall–Kier alpha value is -1.87. The second-order valence-electron chi connectivity index (χ2n) is 7.14. The van der Waals surface area contributed by atoms with E-state index < -0.39 is 10.8 Å². The van der Waals surface area contributed by atoms with Gasteiger partial charge < -0.3 is 9.64 Å². The molecule has 0 bridgehead atoms. The number of carbonyl (C=O) groups excluding carboxylic acids is 2. The van der Waals surface area contributed by atoms with E-state index in [1.165, 1.54) is 22.7 Å². The van der Waals surface area contributed by atoms with Gasteiger partial charge in [-0.25, -0.2) is 9.78 Å². The van der Waals surface area contributed by atoms with Crippen molar-refractivity contribution in [2.24, 2.45) is 0 Å². The summed E-state index contributed by atoms with van der Waals surface area (Å²) in [5, 5.41) is 0. The van der Waals surface area contributed by atoms with Gasteiger partial charge in [-0.05, 0) is 32.1 Å². The zero-order valence-corrected chi connectivity index (χ0v) is 16.4. The molecular formula is C18H19N3O4S2. The third kappa shape index (κ3) is 2.62. The highest BCUT2D eigenvalue weighted by molar-refractivity contribution is 8.01. The van der Waals surface area contributed by atoms with Crippen LogP contribution in [0.25, 0.3) is 4.96 Å². The van der Waals surface area contributed by atoms with Crippen LogP contribution in [0.15, 0.2) is 10.9 Å².